The van der Waals surface area contributed by atoms with Crippen LogP contribution >= 0.6 is 0 Å². The fourth-order valence-electron chi connectivity index (χ4n) is 3.47. The molecule has 0 radical (unpaired) electrons. The van der Waals surface area contributed by atoms with Crippen molar-refractivity contribution in [2.45, 2.75) is 39.2 Å². The topological polar surface area (TPSA) is 65.0 Å². The molecule has 6 heteroatoms. The van der Waals surface area contributed by atoms with E-state index in [1.54, 1.807) is 13.1 Å². The third-order valence-corrected chi connectivity index (χ3v) is 5.34. The van der Waals surface area contributed by atoms with Gasteiger partial charge in [0.15, 0.2) is 0 Å². The number of benzene rings is 2. The van der Waals surface area contributed by atoms with Crippen molar-refractivity contribution in [3.05, 3.63) is 65.7 Å². The van der Waals surface area contributed by atoms with Crippen molar-refractivity contribution in [2.24, 2.45) is 5.10 Å². The van der Waals surface area contributed by atoms with E-state index in [4.69, 9.17) is 0 Å². The Labute approximate surface area is 172 Å². The standard InChI is InChI=1S/C23H28N4O2/c1-4-26(5-2)20-13-11-19(12-14-20)17-24-27-21(28)23(3,25-22(27)29)16-15-18-9-7-6-8-10-18/h6-14,17H,4-5,15-16H2,1-3H3,(H,25,29)/b24-17-/t23-/m0/s1. The van der Waals surface area contributed by atoms with Crippen LogP contribution in [0.2, 0.25) is 0 Å². The first kappa shape index (κ1) is 20.6. The van der Waals surface area contributed by atoms with Gasteiger partial charge in [-0.2, -0.15) is 5.10 Å². The average Bonchev–Trinajstić information content (AvgIpc) is 2.96. The van der Waals surface area contributed by atoms with Crippen molar-refractivity contribution in [3.63, 3.8) is 0 Å². The Hall–Kier alpha value is -3.15. The second-order valence-corrected chi connectivity index (χ2v) is 7.37. The normalized spacial score (nSPS) is 19.1. The summed E-state index contributed by atoms with van der Waals surface area (Å²) >= 11 is 0. The molecule has 1 aliphatic rings. The van der Waals surface area contributed by atoms with Gasteiger partial charge < -0.3 is 10.2 Å². The van der Waals surface area contributed by atoms with Crippen LogP contribution < -0.4 is 10.2 Å². The summed E-state index contributed by atoms with van der Waals surface area (Å²) < 4.78 is 0. The molecule has 1 aliphatic heterocycles. The highest BCUT2D eigenvalue weighted by atomic mass is 16.2. The van der Waals surface area contributed by atoms with Crippen molar-refractivity contribution in [2.75, 3.05) is 18.0 Å². The van der Waals surface area contributed by atoms with Crippen LogP contribution in [-0.2, 0) is 11.2 Å². The van der Waals surface area contributed by atoms with Gasteiger partial charge in [0.1, 0.15) is 5.54 Å². The van der Waals surface area contributed by atoms with Crippen molar-refractivity contribution < 1.29 is 9.59 Å². The highest BCUT2D eigenvalue weighted by molar-refractivity contribution is 6.07. The van der Waals surface area contributed by atoms with Crippen molar-refractivity contribution in [3.8, 4) is 0 Å². The lowest BCUT2D eigenvalue weighted by Gasteiger charge is -2.21. The number of hydrazone groups is 1. The fraction of sp³-hybridized carbons (Fsp3) is 0.348. The maximum atomic E-state index is 12.8. The minimum atomic E-state index is -0.948. The van der Waals surface area contributed by atoms with Crippen LogP contribution in [-0.4, -0.2) is 41.8 Å². The Morgan fingerprint density at radius 3 is 2.31 bits per heavy atom. The van der Waals surface area contributed by atoms with Gasteiger partial charge in [-0.3, -0.25) is 4.79 Å². The smallest absolute Gasteiger partial charge is 0.346 e. The molecular formula is C23H28N4O2. The van der Waals surface area contributed by atoms with Gasteiger partial charge >= 0.3 is 6.03 Å². The minimum Gasteiger partial charge on any atom is -0.372 e. The summed E-state index contributed by atoms with van der Waals surface area (Å²) in [6.07, 6.45) is 2.77. The van der Waals surface area contributed by atoms with Gasteiger partial charge in [0.2, 0.25) is 0 Å². The molecule has 0 aromatic heterocycles. The van der Waals surface area contributed by atoms with Gasteiger partial charge in [0, 0.05) is 18.8 Å². The van der Waals surface area contributed by atoms with E-state index in [0.29, 0.717) is 12.8 Å². The van der Waals surface area contributed by atoms with Gasteiger partial charge in [-0.25, -0.2) is 4.79 Å². The molecule has 0 aliphatic carbocycles. The molecule has 29 heavy (non-hydrogen) atoms. The molecule has 2 aromatic carbocycles. The highest BCUT2D eigenvalue weighted by Crippen LogP contribution is 2.23. The summed E-state index contributed by atoms with van der Waals surface area (Å²) in [6.45, 7) is 7.86. The molecule has 152 valence electrons. The third-order valence-electron chi connectivity index (χ3n) is 5.34. The molecule has 2 aromatic rings. The van der Waals surface area contributed by atoms with Gasteiger partial charge in [0.25, 0.3) is 5.91 Å². The maximum absolute atomic E-state index is 12.8. The molecule has 1 fully saturated rings. The molecule has 1 N–H and O–H groups in total. The van der Waals surface area contributed by atoms with Crippen LogP contribution in [0.1, 0.15) is 38.3 Å². The number of carbonyl (C=O) groups is 2. The molecule has 0 saturated carbocycles. The summed E-state index contributed by atoms with van der Waals surface area (Å²) in [7, 11) is 0. The first-order valence-electron chi connectivity index (χ1n) is 10.1. The Bertz CT molecular complexity index is 876. The van der Waals surface area contributed by atoms with Crippen LogP contribution in [0.25, 0.3) is 0 Å². The summed E-state index contributed by atoms with van der Waals surface area (Å²) in [4.78, 5) is 27.4. The highest BCUT2D eigenvalue weighted by Gasteiger charge is 2.47. The predicted octanol–water partition coefficient (Wildman–Crippen LogP) is 3.81. The number of nitrogens with one attached hydrogen (secondary N) is 1. The molecule has 0 spiro atoms. The molecule has 0 unspecified atom stereocenters. The van der Waals surface area contributed by atoms with Crippen LogP contribution in [0.4, 0.5) is 10.5 Å². The lowest BCUT2D eigenvalue weighted by molar-refractivity contribution is -0.130. The molecule has 1 atom stereocenters. The number of imide groups is 1. The quantitative estimate of drug-likeness (QED) is 0.549. The molecule has 3 amide bonds. The predicted molar refractivity (Wildman–Crippen MR) is 116 cm³/mol. The minimum absolute atomic E-state index is 0.325. The van der Waals surface area contributed by atoms with Crippen molar-refractivity contribution in [1.82, 2.24) is 10.3 Å². The van der Waals surface area contributed by atoms with E-state index in [2.05, 4.69) is 29.2 Å². The number of hydrogen-bond donors (Lipinski definition) is 1. The number of aryl methyl sites for hydroxylation is 1. The monoisotopic (exact) mass is 392 g/mol. The molecule has 0 bridgehead atoms. The number of rotatable bonds is 8. The number of hydrogen-bond acceptors (Lipinski definition) is 4. The number of carbonyl (C=O) groups excluding carboxylic acids is 2. The summed E-state index contributed by atoms with van der Waals surface area (Å²) in [6, 6.07) is 17.3. The third kappa shape index (κ3) is 4.65. The van der Waals surface area contributed by atoms with Gasteiger partial charge in [-0.15, -0.1) is 5.01 Å². The SMILES string of the molecule is CCN(CC)c1ccc(/C=N\N2C(=O)N[C@@](C)(CCc3ccccc3)C2=O)cc1. The first-order valence-corrected chi connectivity index (χ1v) is 10.1. The van der Waals surface area contributed by atoms with Crippen LogP contribution in [0.5, 0.6) is 0 Å². The lowest BCUT2D eigenvalue weighted by Crippen LogP contribution is -2.44. The Balaban J connectivity index is 1.66. The van der Waals surface area contributed by atoms with Crippen molar-refractivity contribution >= 4 is 23.8 Å². The van der Waals surface area contributed by atoms with Gasteiger partial charge in [-0.1, -0.05) is 42.5 Å². The second-order valence-electron chi connectivity index (χ2n) is 7.37. The molecule has 1 heterocycles. The zero-order valence-electron chi connectivity index (χ0n) is 17.3. The lowest BCUT2D eigenvalue weighted by atomic mass is 9.93. The number of amides is 3. The Morgan fingerprint density at radius 2 is 1.69 bits per heavy atom. The number of urea groups is 1. The first-order chi connectivity index (χ1) is 14.0. The van der Waals surface area contributed by atoms with E-state index in [1.807, 2.05) is 54.6 Å². The summed E-state index contributed by atoms with van der Waals surface area (Å²) in [5.74, 6) is -0.325. The number of nitrogens with zero attached hydrogens (tertiary/aromatic N) is 3. The molecule has 3 rings (SSSR count). The average molecular weight is 393 g/mol. The van der Waals surface area contributed by atoms with Crippen LogP contribution in [0.3, 0.4) is 0 Å². The molecule has 6 nitrogen and oxygen atoms in total. The van der Waals surface area contributed by atoms with E-state index in [0.717, 1.165) is 34.9 Å². The van der Waals surface area contributed by atoms with E-state index < -0.39 is 11.6 Å². The largest absolute Gasteiger partial charge is 0.372 e. The van der Waals surface area contributed by atoms with Crippen molar-refractivity contribution in [1.29, 1.82) is 0 Å². The van der Waals surface area contributed by atoms with Crippen LogP contribution in [0.15, 0.2) is 59.7 Å². The second kappa shape index (κ2) is 8.90. The Morgan fingerprint density at radius 1 is 1.03 bits per heavy atom. The Kier molecular flexibility index (Phi) is 6.32. The zero-order chi connectivity index (χ0) is 20.9. The summed E-state index contributed by atoms with van der Waals surface area (Å²) in [5.41, 5.74) is 2.15. The molecular weight excluding hydrogens is 364 g/mol. The molecule has 1 saturated heterocycles. The fourth-order valence-corrected chi connectivity index (χ4v) is 3.47. The zero-order valence-corrected chi connectivity index (χ0v) is 17.3. The van der Waals surface area contributed by atoms with Crippen LogP contribution in [0, 0.1) is 0 Å². The van der Waals surface area contributed by atoms with E-state index in [-0.39, 0.29) is 5.91 Å². The van der Waals surface area contributed by atoms with E-state index in [1.165, 1.54) is 0 Å². The summed E-state index contributed by atoms with van der Waals surface area (Å²) in [5, 5.41) is 7.88. The maximum Gasteiger partial charge on any atom is 0.346 e. The van der Waals surface area contributed by atoms with E-state index >= 15 is 0 Å². The van der Waals surface area contributed by atoms with Gasteiger partial charge in [0.05, 0.1) is 6.21 Å². The van der Waals surface area contributed by atoms with Gasteiger partial charge in [-0.05, 0) is 56.9 Å². The van der Waals surface area contributed by atoms with E-state index in [9.17, 15) is 9.59 Å². The number of anilines is 1.